The molecule has 0 amide bonds. The minimum Gasteiger partial charge on any atom is -0.479 e. The van der Waals surface area contributed by atoms with Gasteiger partial charge >= 0.3 is 5.97 Å². The molecule has 0 saturated carbocycles. The van der Waals surface area contributed by atoms with Crippen LogP contribution in [0.1, 0.15) is 96.8 Å². The molecule has 3 N–H and O–H groups in total. The van der Waals surface area contributed by atoms with Crippen molar-refractivity contribution in [2.24, 2.45) is 0 Å². The van der Waals surface area contributed by atoms with Gasteiger partial charge in [0.15, 0.2) is 6.10 Å². The fourth-order valence-corrected chi connectivity index (χ4v) is 2.68. The summed E-state index contributed by atoms with van der Waals surface area (Å²) in [5.74, 6) is -1.12. The van der Waals surface area contributed by atoms with Crippen LogP contribution in [0.15, 0.2) is 0 Å². The Morgan fingerprint density at radius 3 is 1.59 bits per heavy atom. The van der Waals surface area contributed by atoms with Crippen LogP contribution >= 0.6 is 0 Å². The summed E-state index contributed by atoms with van der Waals surface area (Å²) in [6, 6.07) is 0. The molecule has 0 fully saturated rings. The molecule has 0 radical (unpaired) electrons. The molecule has 0 aromatic rings. The first-order valence-corrected chi connectivity index (χ1v) is 9.16. The van der Waals surface area contributed by atoms with E-state index in [0.29, 0.717) is 6.42 Å². The second kappa shape index (κ2) is 15.3. The van der Waals surface area contributed by atoms with Crippen molar-refractivity contribution in [3.8, 4) is 0 Å². The van der Waals surface area contributed by atoms with Crippen molar-refractivity contribution < 1.29 is 20.1 Å². The summed E-state index contributed by atoms with van der Waals surface area (Å²) in [6.45, 7) is 2.20. The molecule has 22 heavy (non-hydrogen) atoms. The number of aliphatic carboxylic acids is 1. The topological polar surface area (TPSA) is 77.8 Å². The van der Waals surface area contributed by atoms with E-state index in [2.05, 4.69) is 6.92 Å². The summed E-state index contributed by atoms with van der Waals surface area (Å²) in [7, 11) is 0. The van der Waals surface area contributed by atoms with Gasteiger partial charge in [0.25, 0.3) is 0 Å². The fraction of sp³-hybridized carbons (Fsp3) is 0.944. The summed E-state index contributed by atoms with van der Waals surface area (Å²) in [5, 5.41) is 27.5. The van der Waals surface area contributed by atoms with Crippen molar-refractivity contribution in [1.29, 1.82) is 0 Å². The van der Waals surface area contributed by atoms with Gasteiger partial charge < -0.3 is 15.3 Å². The highest BCUT2D eigenvalue weighted by Crippen LogP contribution is 2.14. The van der Waals surface area contributed by atoms with Gasteiger partial charge in [-0.25, -0.2) is 4.79 Å². The van der Waals surface area contributed by atoms with Gasteiger partial charge in [-0.3, -0.25) is 0 Å². The van der Waals surface area contributed by atoms with Crippen LogP contribution in [0, 0.1) is 0 Å². The van der Waals surface area contributed by atoms with Gasteiger partial charge in [-0.1, -0.05) is 77.6 Å². The van der Waals surface area contributed by atoms with E-state index in [1.54, 1.807) is 0 Å². The van der Waals surface area contributed by atoms with Crippen LogP contribution in [0.3, 0.4) is 0 Å². The summed E-state index contributed by atoms with van der Waals surface area (Å²) >= 11 is 0. The molecule has 0 heterocycles. The number of hydrogen-bond acceptors (Lipinski definition) is 3. The summed E-state index contributed by atoms with van der Waals surface area (Å²) < 4.78 is 0. The molecule has 4 nitrogen and oxygen atoms in total. The molecule has 0 saturated heterocycles. The normalized spacial score (nSPS) is 14.0. The van der Waals surface area contributed by atoms with Gasteiger partial charge in [-0.15, -0.1) is 0 Å². The minimum absolute atomic E-state index is 0.116. The number of unbranched alkanes of at least 4 members (excludes halogenated alkanes) is 9. The van der Waals surface area contributed by atoms with Gasteiger partial charge in [0.1, 0.15) is 0 Å². The van der Waals surface area contributed by atoms with Crippen LogP contribution in [-0.4, -0.2) is 33.5 Å². The summed E-state index contributed by atoms with van der Waals surface area (Å²) in [4.78, 5) is 10.4. The van der Waals surface area contributed by atoms with Gasteiger partial charge in [-0.2, -0.15) is 0 Å². The Morgan fingerprint density at radius 2 is 1.14 bits per heavy atom. The maximum Gasteiger partial charge on any atom is 0.332 e. The number of hydrogen-bond donors (Lipinski definition) is 3. The van der Waals surface area contributed by atoms with Gasteiger partial charge in [-0.05, 0) is 19.3 Å². The first-order valence-electron chi connectivity index (χ1n) is 9.16. The summed E-state index contributed by atoms with van der Waals surface area (Å²) in [5.41, 5.74) is 0. The van der Waals surface area contributed by atoms with E-state index in [9.17, 15) is 9.90 Å². The molecule has 0 rings (SSSR count). The van der Waals surface area contributed by atoms with Crippen LogP contribution in [0.4, 0.5) is 0 Å². The molecule has 0 spiro atoms. The molecule has 4 heteroatoms. The van der Waals surface area contributed by atoms with Crippen molar-refractivity contribution in [2.75, 3.05) is 0 Å². The van der Waals surface area contributed by atoms with Crippen molar-refractivity contribution >= 4 is 5.97 Å². The largest absolute Gasteiger partial charge is 0.479 e. The number of aliphatic hydroxyl groups excluding tert-OH is 2. The second-order valence-electron chi connectivity index (χ2n) is 6.41. The lowest BCUT2D eigenvalue weighted by Gasteiger charge is -2.10. The Bertz CT molecular complexity index is 255. The maximum absolute atomic E-state index is 10.4. The number of carboxylic acid groups (broad SMARTS) is 1. The van der Waals surface area contributed by atoms with Crippen LogP contribution in [0.2, 0.25) is 0 Å². The highest BCUT2D eigenvalue weighted by Gasteiger charge is 2.11. The minimum atomic E-state index is -1.20. The zero-order chi connectivity index (χ0) is 16.6. The highest BCUT2D eigenvalue weighted by atomic mass is 16.4. The van der Waals surface area contributed by atoms with E-state index in [0.717, 1.165) is 51.4 Å². The van der Waals surface area contributed by atoms with Crippen LogP contribution in [0.25, 0.3) is 0 Å². The fourth-order valence-electron chi connectivity index (χ4n) is 2.68. The molecule has 0 bridgehead atoms. The zero-order valence-electron chi connectivity index (χ0n) is 14.3. The Morgan fingerprint density at radius 1 is 0.727 bits per heavy atom. The lowest BCUT2D eigenvalue weighted by Crippen LogP contribution is -2.18. The lowest BCUT2D eigenvalue weighted by atomic mass is 10.0. The SMILES string of the molecule is CCCCCCC(O)CCCCCCCCCC(O)C(=O)O. The standard InChI is InChI=1S/C18H36O4/c1-2-3-4-10-13-16(19)14-11-8-6-5-7-9-12-15-17(20)18(21)22/h16-17,19-20H,2-15H2,1H3,(H,21,22). The molecule has 2 atom stereocenters. The lowest BCUT2D eigenvalue weighted by molar-refractivity contribution is -0.146. The van der Waals surface area contributed by atoms with E-state index >= 15 is 0 Å². The third kappa shape index (κ3) is 14.3. The predicted molar refractivity (Wildman–Crippen MR) is 90.0 cm³/mol. The number of aliphatic hydroxyl groups is 2. The maximum atomic E-state index is 10.4. The van der Waals surface area contributed by atoms with Gasteiger partial charge in [0.05, 0.1) is 6.10 Å². The smallest absolute Gasteiger partial charge is 0.332 e. The third-order valence-electron chi connectivity index (χ3n) is 4.19. The van der Waals surface area contributed by atoms with Crippen molar-refractivity contribution in [2.45, 2.75) is 109 Å². The summed E-state index contributed by atoms with van der Waals surface area (Å²) in [6.07, 6.45) is 13.3. The van der Waals surface area contributed by atoms with Crippen LogP contribution in [-0.2, 0) is 4.79 Å². The molecule has 0 aliphatic heterocycles. The molecule has 132 valence electrons. The molecule has 0 aliphatic rings. The monoisotopic (exact) mass is 316 g/mol. The van der Waals surface area contributed by atoms with Crippen molar-refractivity contribution in [1.82, 2.24) is 0 Å². The Labute approximate surface area is 135 Å². The first kappa shape index (κ1) is 21.4. The van der Waals surface area contributed by atoms with E-state index in [1.807, 2.05) is 0 Å². The third-order valence-corrected chi connectivity index (χ3v) is 4.19. The van der Waals surface area contributed by atoms with Gasteiger partial charge in [0.2, 0.25) is 0 Å². The van der Waals surface area contributed by atoms with E-state index in [4.69, 9.17) is 10.2 Å². The Kier molecular flexibility index (Phi) is 14.9. The number of carbonyl (C=O) groups is 1. The molecular formula is C18H36O4. The number of carboxylic acids is 1. The molecule has 0 aromatic heterocycles. The van der Waals surface area contributed by atoms with E-state index in [1.165, 1.54) is 32.1 Å². The predicted octanol–water partition coefficient (Wildman–Crippen LogP) is 4.27. The average Bonchev–Trinajstić information content (AvgIpc) is 2.49. The molecule has 2 unspecified atom stereocenters. The molecular weight excluding hydrogens is 280 g/mol. The second-order valence-corrected chi connectivity index (χ2v) is 6.41. The van der Waals surface area contributed by atoms with Crippen molar-refractivity contribution in [3.05, 3.63) is 0 Å². The van der Waals surface area contributed by atoms with Crippen LogP contribution in [0.5, 0.6) is 0 Å². The van der Waals surface area contributed by atoms with Gasteiger partial charge in [0, 0.05) is 0 Å². The zero-order valence-corrected chi connectivity index (χ0v) is 14.3. The van der Waals surface area contributed by atoms with Crippen LogP contribution < -0.4 is 0 Å². The van der Waals surface area contributed by atoms with E-state index in [-0.39, 0.29) is 6.10 Å². The average molecular weight is 316 g/mol. The quantitative estimate of drug-likeness (QED) is 0.371. The molecule has 0 aliphatic carbocycles. The first-order chi connectivity index (χ1) is 10.6. The molecule has 0 aromatic carbocycles. The Balaban J connectivity index is 3.21. The van der Waals surface area contributed by atoms with Crippen molar-refractivity contribution in [3.63, 3.8) is 0 Å². The highest BCUT2D eigenvalue weighted by molar-refractivity contribution is 5.71. The Hall–Kier alpha value is -0.610. The number of rotatable bonds is 16. The van der Waals surface area contributed by atoms with E-state index < -0.39 is 12.1 Å².